The summed E-state index contributed by atoms with van der Waals surface area (Å²) < 4.78 is 18.1. The largest absolute Gasteiger partial charge is 0.434 e. The molecule has 1 aliphatic rings. The van der Waals surface area contributed by atoms with E-state index in [4.69, 9.17) is 25.3 Å². The van der Waals surface area contributed by atoms with Crippen molar-refractivity contribution in [3.8, 4) is 28.1 Å². The minimum Gasteiger partial charge on any atom is -0.390 e. The molecule has 1 aliphatic heterocycles. The fourth-order valence-corrected chi connectivity index (χ4v) is 5.02. The number of ether oxygens (including phenoxy) is 1. The summed E-state index contributed by atoms with van der Waals surface area (Å²) in [6.07, 6.45) is 1.08. The van der Waals surface area contributed by atoms with Crippen molar-refractivity contribution in [1.82, 2.24) is 35.4 Å². The Morgan fingerprint density at radius 3 is 2.81 bits per heavy atom. The molecule has 0 unspecified atom stereocenters. The van der Waals surface area contributed by atoms with Crippen molar-refractivity contribution in [3.63, 3.8) is 0 Å². The van der Waals surface area contributed by atoms with Gasteiger partial charge >= 0.3 is 11.8 Å². The number of carbonyl (C=O) groups is 1. The highest BCUT2D eigenvalue weighted by Gasteiger charge is 2.24. The summed E-state index contributed by atoms with van der Waals surface area (Å²) in [6, 6.07) is 7.35. The number of rotatable bonds is 7. The summed E-state index contributed by atoms with van der Waals surface area (Å²) in [7, 11) is 0. The van der Waals surface area contributed by atoms with Crippen LogP contribution in [-0.2, 0) is 6.54 Å². The lowest BCUT2D eigenvalue weighted by Crippen LogP contribution is -2.47. The highest BCUT2D eigenvalue weighted by atomic mass is 35.5. The smallest absolute Gasteiger partial charge is 0.390 e. The van der Waals surface area contributed by atoms with Crippen LogP contribution in [0.2, 0.25) is 4.34 Å². The fraction of sp³-hybridized carbons (Fsp3) is 0.409. The molecule has 12 nitrogen and oxygen atoms in total. The molecular weight excluding hydrogens is 510 g/mol. The van der Waals surface area contributed by atoms with Gasteiger partial charge in [-0.3, -0.25) is 4.68 Å². The third-order valence-electron chi connectivity index (χ3n) is 5.88. The van der Waals surface area contributed by atoms with Gasteiger partial charge in [-0.1, -0.05) is 16.8 Å². The van der Waals surface area contributed by atoms with Crippen LogP contribution in [0.25, 0.3) is 22.2 Å². The van der Waals surface area contributed by atoms with Crippen molar-refractivity contribution >= 4 is 29.0 Å². The summed E-state index contributed by atoms with van der Waals surface area (Å²) in [4.78, 5) is 27.3. The molecule has 4 aromatic heterocycles. The number of hydrogen-bond donors (Lipinski definition) is 2. The van der Waals surface area contributed by atoms with Crippen molar-refractivity contribution in [1.29, 1.82) is 0 Å². The predicted octanol–water partition coefficient (Wildman–Crippen LogP) is 3.61. The molecule has 0 bridgehead atoms. The number of hydrogen-bond acceptors (Lipinski definition) is 10. The van der Waals surface area contributed by atoms with Crippen LogP contribution in [0.4, 0.5) is 4.79 Å². The van der Waals surface area contributed by atoms with E-state index in [1.807, 2.05) is 6.07 Å². The monoisotopic (exact) mass is 533 g/mol. The topological polar surface area (TPSA) is 144 Å². The zero-order valence-corrected chi connectivity index (χ0v) is 21.1. The molecule has 1 saturated heterocycles. The normalized spacial score (nSPS) is 15.0. The molecule has 2 N–H and O–H groups in total. The van der Waals surface area contributed by atoms with E-state index in [0.29, 0.717) is 27.5 Å². The van der Waals surface area contributed by atoms with Gasteiger partial charge < -0.3 is 23.9 Å². The average molecular weight is 534 g/mol. The molecule has 4 aromatic rings. The van der Waals surface area contributed by atoms with E-state index in [0.717, 1.165) is 30.8 Å². The number of aromatic nitrogens is 5. The summed E-state index contributed by atoms with van der Waals surface area (Å²) in [5.41, 5.74) is 0.870. The Morgan fingerprint density at radius 1 is 1.33 bits per heavy atom. The number of aromatic amines is 1. The first-order valence-electron chi connectivity index (χ1n) is 11.4. The Kier molecular flexibility index (Phi) is 6.94. The SMILES string of the molecule is CC(C)N1CCC(NC(=O)Oc2cc(-c3n[nH]c(=O)o3)n(Cc3cc(-c4ccc(Cl)s4)on3)n2)CC1. The first kappa shape index (κ1) is 24.3. The zero-order valence-electron chi connectivity index (χ0n) is 19.6. The Bertz CT molecular complexity index is 1400. The highest BCUT2D eigenvalue weighted by molar-refractivity contribution is 7.19. The minimum atomic E-state index is -0.719. The third-order valence-corrected chi connectivity index (χ3v) is 7.13. The van der Waals surface area contributed by atoms with Gasteiger partial charge in [-0.2, -0.15) is 0 Å². The number of nitrogens with zero attached hydrogens (tertiary/aromatic N) is 5. The van der Waals surface area contributed by atoms with Crippen molar-refractivity contribution < 1.29 is 18.5 Å². The van der Waals surface area contributed by atoms with E-state index in [9.17, 15) is 9.59 Å². The van der Waals surface area contributed by atoms with Crippen LogP contribution in [0.1, 0.15) is 32.4 Å². The fourth-order valence-electron chi connectivity index (χ4n) is 4.03. The van der Waals surface area contributed by atoms with Crippen LogP contribution >= 0.6 is 22.9 Å². The molecule has 1 amide bonds. The summed E-state index contributed by atoms with van der Waals surface area (Å²) in [6.45, 7) is 6.30. The van der Waals surface area contributed by atoms with Crippen LogP contribution < -0.4 is 15.8 Å². The quantitative estimate of drug-likeness (QED) is 0.364. The Morgan fingerprint density at radius 2 is 2.14 bits per heavy atom. The molecule has 36 heavy (non-hydrogen) atoms. The number of likely N-dealkylation sites (tertiary alicyclic amines) is 1. The van der Waals surface area contributed by atoms with Gasteiger partial charge in [-0.15, -0.1) is 21.5 Å². The van der Waals surface area contributed by atoms with E-state index in [2.05, 4.69) is 44.5 Å². The number of carbonyl (C=O) groups excluding carboxylic acids is 1. The van der Waals surface area contributed by atoms with Gasteiger partial charge in [0, 0.05) is 37.3 Å². The molecule has 0 saturated carbocycles. The number of H-pyrrole nitrogens is 1. The second-order valence-corrected chi connectivity index (χ2v) is 10.4. The van der Waals surface area contributed by atoms with Gasteiger partial charge in [-0.25, -0.2) is 14.7 Å². The number of amides is 1. The first-order chi connectivity index (χ1) is 17.3. The van der Waals surface area contributed by atoms with E-state index in [-0.39, 0.29) is 24.4 Å². The maximum atomic E-state index is 12.5. The van der Waals surface area contributed by atoms with Gasteiger partial charge in [0.25, 0.3) is 5.89 Å². The van der Waals surface area contributed by atoms with E-state index >= 15 is 0 Å². The lowest BCUT2D eigenvalue weighted by Gasteiger charge is -2.34. The van der Waals surface area contributed by atoms with Crippen LogP contribution in [0.15, 0.2) is 38.0 Å². The standard InChI is InChI=1S/C22H24ClN7O5S/c1-12(2)29-7-5-13(6-8-29)24-21(31)33-19-10-15(20-25-26-22(32)34-20)30(27-19)11-14-9-16(35-28-14)17-3-4-18(23)36-17/h3-4,9-10,12-13H,5-8,11H2,1-2H3,(H,24,31)(H,26,32). The molecule has 0 radical (unpaired) electrons. The van der Waals surface area contributed by atoms with Gasteiger partial charge in [0.05, 0.1) is 15.8 Å². The van der Waals surface area contributed by atoms with E-state index in [1.54, 1.807) is 12.1 Å². The van der Waals surface area contributed by atoms with Crippen LogP contribution in [0, 0.1) is 0 Å². The molecule has 5 heterocycles. The second-order valence-electron chi connectivity index (χ2n) is 8.67. The molecule has 14 heteroatoms. The average Bonchev–Trinajstić information content (AvgIpc) is 3.63. The summed E-state index contributed by atoms with van der Waals surface area (Å²) >= 11 is 7.38. The molecular formula is C22H24ClN7O5S. The van der Waals surface area contributed by atoms with Crippen molar-refractivity contribution in [2.45, 2.75) is 45.3 Å². The second kappa shape index (κ2) is 10.3. The Balaban J connectivity index is 1.30. The van der Waals surface area contributed by atoms with Crippen LogP contribution in [-0.4, -0.2) is 61.3 Å². The molecule has 5 rings (SSSR count). The number of halogens is 1. The molecule has 0 atom stereocenters. The molecule has 1 fully saturated rings. The highest BCUT2D eigenvalue weighted by Crippen LogP contribution is 2.32. The Labute approximate surface area is 214 Å². The third kappa shape index (κ3) is 5.53. The van der Waals surface area contributed by atoms with Crippen molar-refractivity contribution in [2.24, 2.45) is 0 Å². The van der Waals surface area contributed by atoms with Crippen LogP contribution in [0.5, 0.6) is 5.88 Å². The maximum absolute atomic E-state index is 12.5. The van der Waals surface area contributed by atoms with Gasteiger partial charge in [-0.05, 0) is 38.8 Å². The molecule has 190 valence electrons. The minimum absolute atomic E-state index is 0.00225. The summed E-state index contributed by atoms with van der Waals surface area (Å²) in [5.74, 6) is -0.135. The predicted molar refractivity (Wildman–Crippen MR) is 131 cm³/mol. The number of piperidine rings is 1. The number of thiophene rings is 1. The van der Waals surface area contributed by atoms with Crippen molar-refractivity contribution in [3.05, 3.63) is 44.8 Å². The maximum Gasteiger partial charge on any atom is 0.434 e. The van der Waals surface area contributed by atoms with E-state index < -0.39 is 11.8 Å². The zero-order chi connectivity index (χ0) is 25.2. The lowest BCUT2D eigenvalue weighted by atomic mass is 10.0. The Hall–Kier alpha value is -3.42. The molecule has 0 spiro atoms. The summed E-state index contributed by atoms with van der Waals surface area (Å²) in [5, 5.41) is 17.4. The van der Waals surface area contributed by atoms with Gasteiger partial charge in [0.15, 0.2) is 5.76 Å². The first-order valence-corrected chi connectivity index (χ1v) is 12.6. The van der Waals surface area contributed by atoms with E-state index in [1.165, 1.54) is 22.1 Å². The van der Waals surface area contributed by atoms with Crippen LogP contribution in [0.3, 0.4) is 0 Å². The van der Waals surface area contributed by atoms with Gasteiger partial charge in [0.1, 0.15) is 11.4 Å². The van der Waals surface area contributed by atoms with Gasteiger partial charge in [0.2, 0.25) is 5.88 Å². The molecule has 0 aliphatic carbocycles. The lowest BCUT2D eigenvalue weighted by molar-refractivity contribution is 0.151. The van der Waals surface area contributed by atoms with Crippen molar-refractivity contribution in [2.75, 3.05) is 13.1 Å². The molecule has 0 aromatic carbocycles. The number of nitrogens with one attached hydrogen (secondary N) is 2.